The van der Waals surface area contributed by atoms with Crippen molar-refractivity contribution in [2.24, 2.45) is 10.8 Å². The Morgan fingerprint density at radius 1 is 0.688 bits per heavy atom. The van der Waals surface area contributed by atoms with Gasteiger partial charge < -0.3 is 0 Å². The van der Waals surface area contributed by atoms with Crippen molar-refractivity contribution in [1.29, 1.82) is 0 Å². The zero-order valence-electron chi connectivity index (χ0n) is 12.7. The Morgan fingerprint density at radius 2 is 1.19 bits per heavy atom. The molecule has 0 aromatic rings. The van der Waals surface area contributed by atoms with Crippen LogP contribution in [0.2, 0.25) is 0 Å². The van der Waals surface area contributed by atoms with Crippen LogP contribution < -0.4 is 0 Å². The summed E-state index contributed by atoms with van der Waals surface area (Å²) in [6.45, 7) is 14.4. The van der Waals surface area contributed by atoms with Crippen LogP contribution in [0.1, 0.15) is 92.9 Å². The van der Waals surface area contributed by atoms with Crippen LogP contribution in [-0.4, -0.2) is 0 Å². The first-order valence-electron chi connectivity index (χ1n) is 7.43. The third kappa shape index (κ3) is 4.47. The lowest BCUT2D eigenvalue weighted by Gasteiger charge is -2.45. The molecule has 0 aromatic heterocycles. The molecule has 1 atom stereocenters. The number of hydrogen-bond donors (Lipinski definition) is 0. The minimum Gasteiger partial charge on any atom is -0.0654 e. The van der Waals surface area contributed by atoms with E-state index in [0.717, 1.165) is 0 Å². The fourth-order valence-corrected chi connectivity index (χ4v) is 2.56. The summed E-state index contributed by atoms with van der Waals surface area (Å²) in [5.41, 5.74) is 1.04. The number of rotatable bonds is 9. The average molecular weight is 226 g/mol. The van der Waals surface area contributed by atoms with Gasteiger partial charge >= 0.3 is 0 Å². The Hall–Kier alpha value is 0. The molecule has 0 rings (SSSR count). The highest BCUT2D eigenvalue weighted by molar-refractivity contribution is 4.88. The minimum atomic E-state index is 0.496. The summed E-state index contributed by atoms with van der Waals surface area (Å²) >= 11 is 0. The summed E-state index contributed by atoms with van der Waals surface area (Å²) < 4.78 is 0. The molecular weight excluding hydrogens is 192 g/mol. The molecule has 0 aliphatic carbocycles. The van der Waals surface area contributed by atoms with Gasteiger partial charge in [0.05, 0.1) is 0 Å². The van der Waals surface area contributed by atoms with Crippen LogP contribution in [0, 0.1) is 10.8 Å². The van der Waals surface area contributed by atoms with Crippen molar-refractivity contribution in [3.8, 4) is 0 Å². The van der Waals surface area contributed by atoms with Crippen molar-refractivity contribution in [1.82, 2.24) is 0 Å². The van der Waals surface area contributed by atoms with Gasteiger partial charge in [0.25, 0.3) is 0 Å². The molecule has 0 spiro atoms. The molecule has 0 heteroatoms. The molecule has 0 aromatic carbocycles. The van der Waals surface area contributed by atoms with E-state index in [-0.39, 0.29) is 0 Å². The third-order valence-corrected chi connectivity index (χ3v) is 4.93. The Kier molecular flexibility index (Phi) is 7.35. The van der Waals surface area contributed by atoms with Crippen LogP contribution in [-0.2, 0) is 0 Å². The molecule has 16 heavy (non-hydrogen) atoms. The first kappa shape index (κ1) is 16.0. The lowest BCUT2D eigenvalue weighted by Crippen LogP contribution is -2.34. The molecule has 0 aliphatic rings. The van der Waals surface area contributed by atoms with Crippen LogP contribution in [0.3, 0.4) is 0 Å². The highest BCUT2D eigenvalue weighted by atomic mass is 14.4. The smallest absolute Gasteiger partial charge is 0.0275 e. The van der Waals surface area contributed by atoms with Gasteiger partial charge in [0.15, 0.2) is 0 Å². The molecule has 0 fully saturated rings. The van der Waals surface area contributed by atoms with E-state index in [0.29, 0.717) is 10.8 Å². The molecule has 0 radical (unpaired) electrons. The first-order valence-corrected chi connectivity index (χ1v) is 7.43. The monoisotopic (exact) mass is 226 g/mol. The Bertz CT molecular complexity index is 169. The standard InChI is InChI=1S/C16H34/c1-7-10-12-14-16(6,13-11-8-2)15(4,5)9-3/h7-14H2,1-6H3. The van der Waals surface area contributed by atoms with E-state index in [1.807, 2.05) is 0 Å². The van der Waals surface area contributed by atoms with E-state index in [4.69, 9.17) is 0 Å². The number of unbranched alkanes of at least 4 members (excludes halogenated alkanes) is 3. The first-order chi connectivity index (χ1) is 7.43. The maximum atomic E-state index is 2.53. The van der Waals surface area contributed by atoms with Gasteiger partial charge in [0.2, 0.25) is 0 Å². The molecule has 0 amide bonds. The van der Waals surface area contributed by atoms with Crippen LogP contribution in [0.25, 0.3) is 0 Å². The topological polar surface area (TPSA) is 0 Å². The maximum absolute atomic E-state index is 2.53. The van der Waals surface area contributed by atoms with Crippen LogP contribution in [0.15, 0.2) is 0 Å². The van der Waals surface area contributed by atoms with E-state index in [1.165, 1.54) is 51.4 Å². The zero-order chi connectivity index (χ0) is 12.7. The largest absolute Gasteiger partial charge is 0.0654 e. The fraction of sp³-hybridized carbons (Fsp3) is 1.00. The molecule has 0 nitrogen and oxygen atoms in total. The van der Waals surface area contributed by atoms with Gasteiger partial charge in [-0.3, -0.25) is 0 Å². The van der Waals surface area contributed by atoms with Gasteiger partial charge in [-0.2, -0.15) is 0 Å². The van der Waals surface area contributed by atoms with Crippen molar-refractivity contribution in [3.05, 3.63) is 0 Å². The van der Waals surface area contributed by atoms with Crippen molar-refractivity contribution in [2.75, 3.05) is 0 Å². The SMILES string of the molecule is CCCCCC(C)(CCCC)C(C)(C)CC. The van der Waals surface area contributed by atoms with E-state index in [9.17, 15) is 0 Å². The van der Waals surface area contributed by atoms with Crippen LogP contribution in [0.5, 0.6) is 0 Å². The highest BCUT2D eigenvalue weighted by Crippen LogP contribution is 2.48. The summed E-state index contributed by atoms with van der Waals surface area (Å²) in [5.74, 6) is 0. The zero-order valence-corrected chi connectivity index (χ0v) is 12.7. The molecule has 0 saturated carbocycles. The quantitative estimate of drug-likeness (QED) is 0.411. The second kappa shape index (κ2) is 7.35. The molecule has 0 bridgehead atoms. The molecule has 0 heterocycles. The Morgan fingerprint density at radius 3 is 1.62 bits per heavy atom. The summed E-state index contributed by atoms with van der Waals surface area (Å²) in [6, 6.07) is 0. The predicted octanol–water partition coefficient (Wildman–Crippen LogP) is 6.20. The molecular formula is C16H34. The molecule has 98 valence electrons. The summed E-state index contributed by atoms with van der Waals surface area (Å²) in [4.78, 5) is 0. The summed E-state index contributed by atoms with van der Waals surface area (Å²) in [6.07, 6.45) is 11.0. The van der Waals surface area contributed by atoms with Gasteiger partial charge in [0, 0.05) is 0 Å². The second-order valence-electron chi connectivity index (χ2n) is 6.36. The van der Waals surface area contributed by atoms with Gasteiger partial charge in [0.1, 0.15) is 0 Å². The lowest BCUT2D eigenvalue weighted by atomic mass is 9.60. The summed E-state index contributed by atoms with van der Waals surface area (Å²) in [7, 11) is 0. The lowest BCUT2D eigenvalue weighted by molar-refractivity contribution is 0.0569. The Balaban J connectivity index is 4.47. The molecule has 1 unspecified atom stereocenters. The maximum Gasteiger partial charge on any atom is -0.0275 e. The van der Waals surface area contributed by atoms with E-state index in [2.05, 4.69) is 41.5 Å². The van der Waals surface area contributed by atoms with Crippen LogP contribution in [0.4, 0.5) is 0 Å². The molecule has 0 N–H and O–H groups in total. The van der Waals surface area contributed by atoms with Gasteiger partial charge in [-0.1, -0.05) is 80.1 Å². The molecule has 0 aliphatic heterocycles. The van der Waals surface area contributed by atoms with E-state index >= 15 is 0 Å². The Labute approximate surface area is 104 Å². The van der Waals surface area contributed by atoms with Crippen molar-refractivity contribution >= 4 is 0 Å². The van der Waals surface area contributed by atoms with Crippen molar-refractivity contribution in [2.45, 2.75) is 92.9 Å². The van der Waals surface area contributed by atoms with Crippen molar-refractivity contribution < 1.29 is 0 Å². The van der Waals surface area contributed by atoms with Crippen molar-refractivity contribution in [3.63, 3.8) is 0 Å². The predicted molar refractivity (Wildman–Crippen MR) is 75.8 cm³/mol. The van der Waals surface area contributed by atoms with Gasteiger partial charge in [-0.15, -0.1) is 0 Å². The van der Waals surface area contributed by atoms with E-state index < -0.39 is 0 Å². The second-order valence-corrected chi connectivity index (χ2v) is 6.36. The highest BCUT2D eigenvalue weighted by Gasteiger charge is 2.38. The van der Waals surface area contributed by atoms with Crippen LogP contribution >= 0.6 is 0 Å². The normalized spacial score (nSPS) is 16.1. The number of hydrogen-bond acceptors (Lipinski definition) is 0. The average Bonchev–Trinajstić information content (AvgIpc) is 2.26. The third-order valence-electron chi connectivity index (χ3n) is 4.93. The minimum absolute atomic E-state index is 0.496. The van der Waals surface area contributed by atoms with Gasteiger partial charge in [-0.25, -0.2) is 0 Å². The van der Waals surface area contributed by atoms with E-state index in [1.54, 1.807) is 0 Å². The van der Waals surface area contributed by atoms with Gasteiger partial charge in [-0.05, 0) is 23.7 Å². The molecule has 0 saturated heterocycles. The fourth-order valence-electron chi connectivity index (χ4n) is 2.56. The summed E-state index contributed by atoms with van der Waals surface area (Å²) in [5, 5.41) is 0.